The number of hydrogen-bond donors (Lipinski definition) is 1. The summed E-state index contributed by atoms with van der Waals surface area (Å²) in [6, 6.07) is 18.5. The van der Waals surface area contributed by atoms with Crippen LogP contribution in [0.3, 0.4) is 0 Å². The third-order valence-corrected chi connectivity index (χ3v) is 8.41. The lowest BCUT2D eigenvalue weighted by Crippen LogP contribution is -2.51. The highest BCUT2D eigenvalue weighted by molar-refractivity contribution is 7.92. The van der Waals surface area contributed by atoms with E-state index in [0.29, 0.717) is 17.3 Å². The van der Waals surface area contributed by atoms with Gasteiger partial charge in [-0.1, -0.05) is 55.8 Å². The van der Waals surface area contributed by atoms with Crippen LogP contribution in [0.25, 0.3) is 0 Å². The molecule has 3 rings (SSSR count). The summed E-state index contributed by atoms with van der Waals surface area (Å²) in [5.74, 6) is -0.126. The zero-order valence-corrected chi connectivity index (χ0v) is 25.4. The molecule has 0 aliphatic heterocycles. The number of ether oxygens (including phenoxy) is 2. The Morgan fingerprint density at radius 3 is 2.17 bits per heavy atom. The molecule has 1 N–H and O–H groups in total. The summed E-state index contributed by atoms with van der Waals surface area (Å²) >= 11 is 6.05. The monoisotopic (exact) mass is 601 g/mol. The molecule has 0 heterocycles. The van der Waals surface area contributed by atoms with E-state index in [1.54, 1.807) is 61.5 Å². The first kappa shape index (κ1) is 31.8. The van der Waals surface area contributed by atoms with E-state index in [4.69, 9.17) is 21.1 Å². The fourth-order valence-electron chi connectivity index (χ4n) is 4.05. The molecule has 0 saturated carbocycles. The number of rotatable bonds is 13. The number of nitrogens with zero attached hydrogens (tertiary/aromatic N) is 2. The van der Waals surface area contributed by atoms with E-state index in [1.807, 2.05) is 13.8 Å². The summed E-state index contributed by atoms with van der Waals surface area (Å²) < 4.78 is 39.8. The van der Waals surface area contributed by atoms with E-state index in [1.165, 1.54) is 37.3 Å². The van der Waals surface area contributed by atoms with Gasteiger partial charge < -0.3 is 19.7 Å². The number of sulfonamides is 1. The van der Waals surface area contributed by atoms with E-state index >= 15 is 0 Å². The van der Waals surface area contributed by atoms with Gasteiger partial charge in [0.25, 0.3) is 10.0 Å². The van der Waals surface area contributed by atoms with Crippen molar-refractivity contribution in [3.05, 3.63) is 83.4 Å². The highest BCUT2D eigenvalue weighted by Gasteiger charge is 2.34. The summed E-state index contributed by atoms with van der Waals surface area (Å²) in [6.45, 7) is 5.44. The van der Waals surface area contributed by atoms with Gasteiger partial charge in [0.05, 0.1) is 24.8 Å². The second kappa shape index (κ2) is 14.2. The van der Waals surface area contributed by atoms with Gasteiger partial charge in [-0.05, 0) is 54.8 Å². The van der Waals surface area contributed by atoms with Gasteiger partial charge in [-0.15, -0.1) is 0 Å². The second-order valence-corrected chi connectivity index (χ2v) is 12.1. The highest BCUT2D eigenvalue weighted by atomic mass is 35.5. The van der Waals surface area contributed by atoms with E-state index in [-0.39, 0.29) is 34.7 Å². The van der Waals surface area contributed by atoms with Gasteiger partial charge in [0, 0.05) is 24.2 Å². The van der Waals surface area contributed by atoms with Crippen LogP contribution >= 0.6 is 11.6 Å². The van der Waals surface area contributed by atoms with E-state index in [0.717, 1.165) is 9.87 Å². The van der Waals surface area contributed by atoms with Crippen LogP contribution < -0.4 is 19.1 Å². The molecule has 0 radical (unpaired) electrons. The molecule has 0 saturated heterocycles. The minimum absolute atomic E-state index is 0.00958. The van der Waals surface area contributed by atoms with Gasteiger partial charge in [-0.25, -0.2) is 8.42 Å². The summed E-state index contributed by atoms with van der Waals surface area (Å²) in [5, 5.41) is 3.39. The lowest BCUT2D eigenvalue weighted by molar-refractivity contribution is -0.139. The van der Waals surface area contributed by atoms with Crippen molar-refractivity contribution in [3.63, 3.8) is 0 Å². The molecular weight excluding hydrogens is 566 g/mol. The number of halogens is 1. The Kier molecular flexibility index (Phi) is 11.0. The smallest absolute Gasteiger partial charge is 0.264 e. The molecule has 9 nitrogen and oxygen atoms in total. The second-order valence-electron chi connectivity index (χ2n) is 9.83. The maximum Gasteiger partial charge on any atom is 0.264 e. The van der Waals surface area contributed by atoms with E-state index in [2.05, 4.69) is 5.32 Å². The van der Waals surface area contributed by atoms with E-state index in [9.17, 15) is 18.0 Å². The van der Waals surface area contributed by atoms with Crippen LogP contribution in [0.15, 0.2) is 77.7 Å². The van der Waals surface area contributed by atoms with Crippen LogP contribution in [-0.4, -0.2) is 58.5 Å². The maximum absolute atomic E-state index is 14.1. The predicted octanol–water partition coefficient (Wildman–Crippen LogP) is 4.74. The van der Waals surface area contributed by atoms with E-state index < -0.39 is 28.5 Å². The van der Waals surface area contributed by atoms with Crippen LogP contribution in [0.2, 0.25) is 5.02 Å². The number of hydrogen-bond acceptors (Lipinski definition) is 6. The fraction of sp³-hybridized carbons (Fsp3) is 0.333. The molecule has 220 valence electrons. The summed E-state index contributed by atoms with van der Waals surface area (Å²) in [5.41, 5.74) is 0.843. The van der Waals surface area contributed by atoms with Crippen molar-refractivity contribution in [3.8, 4) is 11.5 Å². The molecule has 0 aliphatic rings. The van der Waals surface area contributed by atoms with Crippen molar-refractivity contribution in [2.75, 3.05) is 31.6 Å². The molecule has 1 atom stereocenters. The van der Waals surface area contributed by atoms with Crippen molar-refractivity contribution in [1.29, 1.82) is 0 Å². The number of anilines is 1. The van der Waals surface area contributed by atoms with Crippen LogP contribution in [0.4, 0.5) is 5.69 Å². The topological polar surface area (TPSA) is 105 Å². The minimum atomic E-state index is -4.25. The van der Waals surface area contributed by atoms with Gasteiger partial charge in [0.2, 0.25) is 11.8 Å². The SMILES string of the molecule is COc1ccc(OC)c(N(CC(=O)N(Cc2ccc(Cl)cc2)C(C)C(=O)NCC(C)C)S(=O)(=O)c2ccccc2)c1. The predicted molar refractivity (Wildman–Crippen MR) is 160 cm³/mol. The van der Waals surface area contributed by atoms with Gasteiger partial charge in [-0.3, -0.25) is 13.9 Å². The van der Waals surface area contributed by atoms with Crippen molar-refractivity contribution in [2.24, 2.45) is 5.92 Å². The quantitative estimate of drug-likeness (QED) is 0.303. The summed E-state index contributed by atoms with van der Waals surface area (Å²) in [6.07, 6.45) is 0. The van der Waals surface area contributed by atoms with Gasteiger partial charge >= 0.3 is 0 Å². The average Bonchev–Trinajstić information content (AvgIpc) is 2.97. The van der Waals surface area contributed by atoms with Crippen LogP contribution in [0, 0.1) is 5.92 Å². The normalized spacial score (nSPS) is 12.0. The molecule has 0 bridgehead atoms. The Bertz CT molecular complexity index is 1430. The summed E-state index contributed by atoms with van der Waals surface area (Å²) in [4.78, 5) is 28.5. The largest absolute Gasteiger partial charge is 0.497 e. The van der Waals surface area contributed by atoms with Gasteiger partial charge in [0.1, 0.15) is 24.1 Å². The van der Waals surface area contributed by atoms with Gasteiger partial charge in [-0.2, -0.15) is 0 Å². The highest BCUT2D eigenvalue weighted by Crippen LogP contribution is 2.36. The Morgan fingerprint density at radius 2 is 1.59 bits per heavy atom. The first-order valence-electron chi connectivity index (χ1n) is 13.1. The molecule has 0 aliphatic carbocycles. The van der Waals surface area contributed by atoms with Crippen molar-refractivity contribution < 1.29 is 27.5 Å². The number of carbonyl (C=O) groups is 2. The van der Waals surface area contributed by atoms with Crippen LogP contribution in [0.5, 0.6) is 11.5 Å². The van der Waals surface area contributed by atoms with Crippen molar-refractivity contribution in [2.45, 2.75) is 38.3 Å². The zero-order chi connectivity index (χ0) is 30.2. The lowest BCUT2D eigenvalue weighted by Gasteiger charge is -2.32. The molecule has 41 heavy (non-hydrogen) atoms. The molecule has 3 aromatic rings. The number of carbonyl (C=O) groups excluding carboxylic acids is 2. The molecule has 11 heteroatoms. The fourth-order valence-corrected chi connectivity index (χ4v) is 5.61. The maximum atomic E-state index is 14.1. The van der Waals surface area contributed by atoms with Crippen molar-refractivity contribution >= 4 is 39.1 Å². The zero-order valence-electron chi connectivity index (χ0n) is 23.8. The molecule has 0 fully saturated rings. The Balaban J connectivity index is 2.08. The summed E-state index contributed by atoms with van der Waals surface area (Å²) in [7, 11) is -1.39. The average molecular weight is 602 g/mol. The third-order valence-electron chi connectivity index (χ3n) is 6.38. The van der Waals surface area contributed by atoms with Crippen LogP contribution in [-0.2, 0) is 26.2 Å². The number of methoxy groups -OCH3 is 2. The molecule has 2 amide bonds. The number of nitrogens with one attached hydrogen (secondary N) is 1. The van der Waals surface area contributed by atoms with Crippen molar-refractivity contribution in [1.82, 2.24) is 10.2 Å². The Labute approximate surface area is 247 Å². The molecule has 0 aromatic heterocycles. The molecule has 3 aromatic carbocycles. The first-order chi connectivity index (χ1) is 19.5. The number of amides is 2. The first-order valence-corrected chi connectivity index (χ1v) is 14.9. The van der Waals surface area contributed by atoms with Crippen LogP contribution in [0.1, 0.15) is 26.3 Å². The van der Waals surface area contributed by atoms with Gasteiger partial charge in [0.15, 0.2) is 0 Å². The molecule has 0 spiro atoms. The minimum Gasteiger partial charge on any atom is -0.497 e. The Morgan fingerprint density at radius 1 is 0.927 bits per heavy atom. The Hall–Kier alpha value is -3.76. The molecular formula is C30H36ClN3O6S. The number of benzene rings is 3. The lowest BCUT2D eigenvalue weighted by atomic mass is 10.1. The third kappa shape index (κ3) is 8.14. The molecule has 1 unspecified atom stereocenters. The standard InChI is InChI=1S/C30H36ClN3O6S/c1-21(2)18-32-30(36)22(3)33(19-23-11-13-24(31)14-12-23)29(35)20-34(41(37,38)26-9-7-6-8-10-26)27-17-25(39-4)15-16-28(27)40-5/h6-17,21-22H,18-20H2,1-5H3,(H,32,36).